The molecule has 1 atom stereocenters. The number of aromatic hydroxyl groups is 1. The molecule has 2 aromatic rings. The number of phenolic OH excluding ortho intramolecular Hbond substituents is 1. The lowest BCUT2D eigenvalue weighted by molar-refractivity contribution is -0.116. The van der Waals surface area contributed by atoms with Crippen LogP contribution in [-0.4, -0.2) is 26.9 Å². The summed E-state index contributed by atoms with van der Waals surface area (Å²) in [6, 6.07) is 14.4. The van der Waals surface area contributed by atoms with Crippen molar-refractivity contribution in [2.75, 3.05) is 5.75 Å². The first-order valence-electron chi connectivity index (χ1n) is 8.45. The van der Waals surface area contributed by atoms with Crippen LogP contribution < -0.4 is 15.9 Å². The van der Waals surface area contributed by atoms with Gasteiger partial charge in [-0.05, 0) is 30.2 Å². The lowest BCUT2D eigenvalue weighted by Gasteiger charge is -2.34. The number of hydrogen-bond acceptors (Lipinski definition) is 6. The summed E-state index contributed by atoms with van der Waals surface area (Å²) in [5.41, 5.74) is 1.35. The van der Waals surface area contributed by atoms with Crippen molar-refractivity contribution in [3.63, 3.8) is 0 Å². The van der Waals surface area contributed by atoms with Gasteiger partial charge in [0.15, 0.2) is 11.3 Å². The van der Waals surface area contributed by atoms with Crippen molar-refractivity contribution in [3.05, 3.63) is 64.7 Å². The highest BCUT2D eigenvalue weighted by atomic mass is 32.2. The Labute approximate surface area is 154 Å². The van der Waals surface area contributed by atoms with Crippen LogP contribution in [0.1, 0.15) is 25.1 Å². The van der Waals surface area contributed by atoms with E-state index in [1.165, 1.54) is 11.8 Å². The minimum absolute atomic E-state index is 0.176. The Morgan fingerprint density at radius 2 is 1.96 bits per heavy atom. The molecule has 26 heavy (non-hydrogen) atoms. The third-order valence-corrected chi connectivity index (χ3v) is 5.22. The van der Waals surface area contributed by atoms with E-state index in [0.717, 1.165) is 28.3 Å². The summed E-state index contributed by atoms with van der Waals surface area (Å²) in [6.45, 7) is 2.08. The molecule has 0 aromatic heterocycles. The summed E-state index contributed by atoms with van der Waals surface area (Å²) in [4.78, 5) is 17.6. The van der Waals surface area contributed by atoms with Gasteiger partial charge in [-0.1, -0.05) is 49.0 Å². The van der Waals surface area contributed by atoms with Crippen LogP contribution in [0.2, 0.25) is 0 Å². The molecule has 7 heteroatoms. The van der Waals surface area contributed by atoms with Crippen LogP contribution in [-0.2, 0) is 4.79 Å². The van der Waals surface area contributed by atoms with Gasteiger partial charge in [-0.3, -0.25) is 15.1 Å². The van der Waals surface area contributed by atoms with Gasteiger partial charge in [-0.25, -0.2) is 5.01 Å². The van der Waals surface area contributed by atoms with Crippen molar-refractivity contribution >= 4 is 28.5 Å². The van der Waals surface area contributed by atoms with E-state index in [-0.39, 0.29) is 11.7 Å². The zero-order valence-corrected chi connectivity index (χ0v) is 15.0. The molecule has 2 N–H and O–H groups in total. The standard InChI is InChI=1S/C19H18N4O2S/c1-2-11-26-19-21-18(25)16-14-5-3-4-6-15(14)20-17(23(16)22-19)12-7-9-13(24)10-8-12/h3-10,17,24H,2,11H2,1H3,(H,21,22,25). The smallest absolute Gasteiger partial charge is 0.276 e. The molecule has 4 rings (SSSR count). The van der Waals surface area contributed by atoms with Gasteiger partial charge in [0.2, 0.25) is 0 Å². The van der Waals surface area contributed by atoms with Crippen LogP contribution in [0.15, 0.2) is 58.6 Å². The SMILES string of the molecule is CCCSC1=NN2C(=c3ccccc3=NC2c2ccc(O)cc2)C(=O)N1. The lowest BCUT2D eigenvalue weighted by atomic mass is 10.1. The molecule has 0 bridgehead atoms. The van der Waals surface area contributed by atoms with Crippen LogP contribution in [0.4, 0.5) is 0 Å². The Hall–Kier alpha value is -2.80. The second-order valence-electron chi connectivity index (χ2n) is 6.01. The second-order valence-corrected chi connectivity index (χ2v) is 7.10. The second kappa shape index (κ2) is 6.84. The highest BCUT2D eigenvalue weighted by Gasteiger charge is 2.34. The third-order valence-electron chi connectivity index (χ3n) is 4.15. The molecule has 2 heterocycles. The van der Waals surface area contributed by atoms with Gasteiger partial charge in [-0.2, -0.15) is 0 Å². The van der Waals surface area contributed by atoms with Gasteiger partial charge in [0.1, 0.15) is 11.4 Å². The number of hydrogen-bond donors (Lipinski definition) is 2. The van der Waals surface area contributed by atoms with Crippen molar-refractivity contribution in [1.29, 1.82) is 0 Å². The molecule has 1 unspecified atom stereocenters. The molecule has 0 spiro atoms. The van der Waals surface area contributed by atoms with Crippen molar-refractivity contribution in [3.8, 4) is 5.75 Å². The predicted molar refractivity (Wildman–Crippen MR) is 102 cm³/mol. The number of benzene rings is 2. The Kier molecular flexibility index (Phi) is 4.38. The first kappa shape index (κ1) is 16.7. The van der Waals surface area contributed by atoms with Crippen LogP contribution in [0.3, 0.4) is 0 Å². The van der Waals surface area contributed by atoms with E-state index in [4.69, 9.17) is 4.99 Å². The van der Waals surface area contributed by atoms with Gasteiger partial charge in [0.05, 0.1) is 5.36 Å². The number of nitrogens with zero attached hydrogens (tertiary/aromatic N) is 3. The van der Waals surface area contributed by atoms with Gasteiger partial charge >= 0.3 is 0 Å². The van der Waals surface area contributed by atoms with Crippen LogP contribution in [0.5, 0.6) is 5.75 Å². The maximum atomic E-state index is 12.8. The Balaban J connectivity index is 1.89. The monoisotopic (exact) mass is 366 g/mol. The molecule has 0 radical (unpaired) electrons. The summed E-state index contributed by atoms with van der Waals surface area (Å²) in [7, 11) is 0. The molecule has 0 aliphatic carbocycles. The number of thioether (sulfide) groups is 1. The first-order chi connectivity index (χ1) is 12.7. The van der Waals surface area contributed by atoms with E-state index in [9.17, 15) is 9.90 Å². The van der Waals surface area contributed by atoms with Crippen LogP contribution in [0, 0.1) is 0 Å². The summed E-state index contributed by atoms with van der Waals surface area (Å²) >= 11 is 1.52. The number of hydrazone groups is 1. The molecule has 2 aliphatic heterocycles. The number of amidine groups is 1. The molecular weight excluding hydrogens is 348 g/mol. The van der Waals surface area contributed by atoms with E-state index >= 15 is 0 Å². The fourth-order valence-electron chi connectivity index (χ4n) is 2.95. The van der Waals surface area contributed by atoms with Crippen molar-refractivity contribution in [1.82, 2.24) is 10.3 Å². The van der Waals surface area contributed by atoms with Crippen LogP contribution in [0.25, 0.3) is 5.70 Å². The summed E-state index contributed by atoms with van der Waals surface area (Å²) in [5.74, 6) is 0.887. The fraction of sp³-hybridized carbons (Fsp3) is 0.211. The maximum absolute atomic E-state index is 12.8. The third kappa shape index (κ3) is 2.94. The lowest BCUT2D eigenvalue weighted by Crippen LogP contribution is -2.50. The summed E-state index contributed by atoms with van der Waals surface area (Å²) < 4.78 is 0. The molecule has 0 saturated carbocycles. The number of amides is 1. The van der Waals surface area contributed by atoms with E-state index in [1.807, 2.05) is 24.3 Å². The predicted octanol–water partition coefficient (Wildman–Crippen LogP) is 1.68. The molecule has 2 aliphatic rings. The summed E-state index contributed by atoms with van der Waals surface area (Å²) in [5, 5.41) is 20.9. The zero-order chi connectivity index (χ0) is 18.1. The molecule has 0 fully saturated rings. The number of fused-ring (bicyclic) bond motifs is 2. The highest BCUT2D eigenvalue weighted by molar-refractivity contribution is 8.13. The Morgan fingerprint density at radius 3 is 2.73 bits per heavy atom. The zero-order valence-electron chi connectivity index (χ0n) is 14.2. The average molecular weight is 366 g/mol. The topological polar surface area (TPSA) is 77.3 Å². The van der Waals surface area contributed by atoms with Crippen LogP contribution >= 0.6 is 11.8 Å². The van der Waals surface area contributed by atoms with Gasteiger partial charge in [-0.15, -0.1) is 5.10 Å². The number of phenols is 1. The number of carbonyl (C=O) groups excluding carboxylic acids is 1. The van der Waals surface area contributed by atoms with E-state index in [2.05, 4.69) is 17.3 Å². The molecular formula is C19H18N4O2S. The van der Waals surface area contributed by atoms with Gasteiger partial charge in [0.25, 0.3) is 5.91 Å². The first-order valence-corrected chi connectivity index (χ1v) is 9.44. The minimum Gasteiger partial charge on any atom is -0.508 e. The number of carbonyl (C=O) groups is 1. The highest BCUT2D eigenvalue weighted by Crippen LogP contribution is 2.31. The molecule has 132 valence electrons. The summed E-state index contributed by atoms with van der Waals surface area (Å²) in [6.07, 6.45) is 0.536. The minimum atomic E-state index is -0.455. The van der Waals surface area contributed by atoms with E-state index in [0.29, 0.717) is 10.9 Å². The van der Waals surface area contributed by atoms with Crippen molar-refractivity contribution < 1.29 is 9.90 Å². The Bertz CT molecular complexity index is 1000. The normalized spacial score (nSPS) is 18.4. The fourth-order valence-corrected chi connectivity index (χ4v) is 3.66. The van der Waals surface area contributed by atoms with Gasteiger partial charge < -0.3 is 5.11 Å². The number of rotatable bonds is 3. The van der Waals surface area contributed by atoms with Crippen molar-refractivity contribution in [2.45, 2.75) is 19.5 Å². The quantitative estimate of drug-likeness (QED) is 0.866. The average Bonchev–Trinajstić information content (AvgIpc) is 2.66. The van der Waals surface area contributed by atoms with Gasteiger partial charge in [0, 0.05) is 11.0 Å². The molecule has 0 saturated heterocycles. The molecule has 2 aromatic carbocycles. The van der Waals surface area contributed by atoms with E-state index in [1.54, 1.807) is 29.3 Å². The maximum Gasteiger partial charge on any atom is 0.276 e. The largest absolute Gasteiger partial charge is 0.508 e. The van der Waals surface area contributed by atoms with E-state index < -0.39 is 6.17 Å². The number of nitrogens with one attached hydrogen (secondary N) is 1. The molecule has 1 amide bonds. The number of para-hydroxylation sites is 1. The Morgan fingerprint density at radius 1 is 1.19 bits per heavy atom. The molecule has 6 nitrogen and oxygen atoms in total. The van der Waals surface area contributed by atoms with Crippen molar-refractivity contribution in [2.24, 2.45) is 10.1 Å².